The van der Waals surface area contributed by atoms with E-state index >= 15 is 0 Å². The van der Waals surface area contributed by atoms with Crippen molar-refractivity contribution < 1.29 is 0 Å². The van der Waals surface area contributed by atoms with Gasteiger partial charge in [-0.25, -0.2) is 0 Å². The molecule has 0 aliphatic heterocycles. The second-order valence-corrected chi connectivity index (χ2v) is 5.18. The quantitative estimate of drug-likeness (QED) is 0.421. The average molecular weight is 424 g/mol. The molecule has 0 unspecified atom stereocenters. The molecule has 0 atom stereocenters. The van der Waals surface area contributed by atoms with Gasteiger partial charge in [-0.15, -0.1) is 24.0 Å². The first-order valence-corrected chi connectivity index (χ1v) is 7.62. The fourth-order valence-electron chi connectivity index (χ4n) is 2.29. The number of hydrogen-bond acceptors (Lipinski definition) is 2. The number of nitrogens with one attached hydrogen (secondary N) is 1. The number of anilines is 2. The number of aliphatic imine (C=N–C) groups is 1. The number of hydrogen-bond donors (Lipinski definition) is 2. The van der Waals surface area contributed by atoms with Gasteiger partial charge in [0.15, 0.2) is 5.96 Å². The topological polar surface area (TPSA) is 53.6 Å². The molecule has 0 fully saturated rings. The van der Waals surface area contributed by atoms with Gasteiger partial charge < -0.3 is 16.0 Å². The van der Waals surface area contributed by atoms with Gasteiger partial charge in [-0.2, -0.15) is 0 Å². The van der Waals surface area contributed by atoms with Gasteiger partial charge in [-0.05, 0) is 43.7 Å². The monoisotopic (exact) mass is 424 g/mol. The first-order chi connectivity index (χ1) is 10.7. The molecular formula is C18H25IN4. The van der Waals surface area contributed by atoms with Crippen LogP contribution in [0.5, 0.6) is 0 Å². The van der Waals surface area contributed by atoms with E-state index in [9.17, 15) is 0 Å². The third-order valence-corrected chi connectivity index (χ3v) is 3.45. The number of likely N-dealkylation sites (N-methyl/N-ethyl adjacent to an activating group) is 1. The summed E-state index contributed by atoms with van der Waals surface area (Å²) in [4.78, 5) is 6.69. The smallest absolute Gasteiger partial charge is 0.193 e. The molecule has 2 rings (SSSR count). The van der Waals surface area contributed by atoms with Gasteiger partial charge in [0.1, 0.15) is 0 Å². The van der Waals surface area contributed by atoms with Gasteiger partial charge in [-0.1, -0.05) is 30.3 Å². The predicted molar refractivity (Wildman–Crippen MR) is 111 cm³/mol. The maximum Gasteiger partial charge on any atom is 0.193 e. The van der Waals surface area contributed by atoms with E-state index in [2.05, 4.69) is 53.3 Å². The molecule has 0 saturated carbocycles. The number of para-hydroxylation sites is 1. The Morgan fingerprint density at radius 3 is 2.52 bits per heavy atom. The molecule has 0 spiro atoms. The molecule has 3 N–H and O–H groups in total. The van der Waals surface area contributed by atoms with Crippen LogP contribution in [0.1, 0.15) is 12.5 Å². The number of halogens is 1. The van der Waals surface area contributed by atoms with Crippen molar-refractivity contribution >= 4 is 41.3 Å². The van der Waals surface area contributed by atoms with Crippen LogP contribution in [0.3, 0.4) is 0 Å². The highest BCUT2D eigenvalue weighted by Crippen LogP contribution is 2.15. The summed E-state index contributed by atoms with van der Waals surface area (Å²) in [7, 11) is 0. The van der Waals surface area contributed by atoms with E-state index < -0.39 is 0 Å². The zero-order valence-corrected chi connectivity index (χ0v) is 16.0. The Hall–Kier alpha value is -1.76. The number of aryl methyl sites for hydroxylation is 1. The van der Waals surface area contributed by atoms with E-state index in [4.69, 9.17) is 5.73 Å². The van der Waals surface area contributed by atoms with Gasteiger partial charge >= 0.3 is 0 Å². The van der Waals surface area contributed by atoms with Crippen LogP contribution in [0, 0.1) is 6.92 Å². The van der Waals surface area contributed by atoms with Crippen molar-refractivity contribution in [1.82, 2.24) is 0 Å². The van der Waals surface area contributed by atoms with Crippen LogP contribution in [0.25, 0.3) is 0 Å². The first kappa shape index (κ1) is 19.3. The summed E-state index contributed by atoms with van der Waals surface area (Å²) in [6, 6.07) is 18.3. The highest BCUT2D eigenvalue weighted by atomic mass is 127. The van der Waals surface area contributed by atoms with Crippen LogP contribution in [-0.4, -0.2) is 25.6 Å². The lowest BCUT2D eigenvalue weighted by molar-refractivity contribution is 0.816. The molecule has 0 radical (unpaired) electrons. The highest BCUT2D eigenvalue weighted by molar-refractivity contribution is 14.0. The van der Waals surface area contributed by atoms with Crippen molar-refractivity contribution in [3.8, 4) is 0 Å². The zero-order chi connectivity index (χ0) is 15.8. The standard InChI is InChI=1S/C18H24N4.HI/c1-3-22(17-11-7-8-15(2)14-17)13-12-20-18(19)21-16-9-5-4-6-10-16;/h4-11,14H,3,12-13H2,1-2H3,(H3,19,20,21);1H. The zero-order valence-electron chi connectivity index (χ0n) is 13.7. The number of benzene rings is 2. The Morgan fingerprint density at radius 2 is 1.87 bits per heavy atom. The Bertz CT molecular complexity index is 613. The molecule has 0 aliphatic carbocycles. The van der Waals surface area contributed by atoms with E-state index in [-0.39, 0.29) is 24.0 Å². The summed E-state index contributed by atoms with van der Waals surface area (Å²) in [6.07, 6.45) is 0. The SMILES string of the molecule is CCN(CCN=C(N)Nc1ccccc1)c1cccc(C)c1.I. The fraction of sp³-hybridized carbons (Fsp3) is 0.278. The van der Waals surface area contributed by atoms with Crippen LogP contribution in [-0.2, 0) is 0 Å². The van der Waals surface area contributed by atoms with Crippen molar-refractivity contribution in [1.29, 1.82) is 0 Å². The Morgan fingerprint density at radius 1 is 1.13 bits per heavy atom. The van der Waals surface area contributed by atoms with Gasteiger partial charge in [0.05, 0.1) is 6.54 Å². The summed E-state index contributed by atoms with van der Waals surface area (Å²) in [5, 5.41) is 3.09. The number of guanidine groups is 1. The molecule has 4 nitrogen and oxygen atoms in total. The molecule has 0 aliphatic rings. The molecule has 5 heteroatoms. The lowest BCUT2D eigenvalue weighted by Crippen LogP contribution is -2.28. The van der Waals surface area contributed by atoms with Crippen molar-refractivity contribution in [2.45, 2.75) is 13.8 Å². The molecule has 0 heterocycles. The third kappa shape index (κ3) is 6.48. The first-order valence-electron chi connectivity index (χ1n) is 7.62. The minimum absolute atomic E-state index is 0. The van der Waals surface area contributed by atoms with Crippen molar-refractivity contribution in [2.24, 2.45) is 10.7 Å². The number of nitrogens with two attached hydrogens (primary N) is 1. The number of nitrogens with zero attached hydrogens (tertiary/aromatic N) is 2. The average Bonchev–Trinajstić information content (AvgIpc) is 2.52. The van der Waals surface area contributed by atoms with Crippen molar-refractivity contribution in [3.05, 3.63) is 60.2 Å². The molecule has 2 aromatic rings. The largest absolute Gasteiger partial charge is 0.370 e. The van der Waals surface area contributed by atoms with Crippen LogP contribution >= 0.6 is 24.0 Å². The van der Waals surface area contributed by atoms with E-state index in [1.165, 1.54) is 11.3 Å². The predicted octanol–water partition coefficient (Wildman–Crippen LogP) is 3.87. The Balaban J connectivity index is 0.00000264. The lowest BCUT2D eigenvalue weighted by Gasteiger charge is -2.22. The maximum absolute atomic E-state index is 5.92. The van der Waals surface area contributed by atoms with Crippen LogP contribution < -0.4 is 16.0 Å². The summed E-state index contributed by atoms with van der Waals surface area (Å²) in [5.74, 6) is 0.450. The third-order valence-electron chi connectivity index (χ3n) is 3.45. The summed E-state index contributed by atoms with van der Waals surface area (Å²) >= 11 is 0. The van der Waals surface area contributed by atoms with Crippen LogP contribution in [0.4, 0.5) is 11.4 Å². The maximum atomic E-state index is 5.92. The summed E-state index contributed by atoms with van der Waals surface area (Å²) in [5.41, 5.74) is 9.37. The molecular weight excluding hydrogens is 399 g/mol. The lowest BCUT2D eigenvalue weighted by atomic mass is 10.2. The molecule has 23 heavy (non-hydrogen) atoms. The van der Waals surface area contributed by atoms with E-state index in [0.29, 0.717) is 12.5 Å². The number of rotatable bonds is 6. The Kier molecular flexibility index (Phi) is 8.47. The minimum atomic E-state index is 0. The molecule has 0 bridgehead atoms. The summed E-state index contributed by atoms with van der Waals surface area (Å²) in [6.45, 7) is 6.71. The van der Waals surface area contributed by atoms with Gasteiger partial charge in [0, 0.05) is 24.5 Å². The molecule has 0 aromatic heterocycles. The van der Waals surface area contributed by atoms with Crippen molar-refractivity contribution in [2.75, 3.05) is 29.9 Å². The Labute approximate surface area is 155 Å². The minimum Gasteiger partial charge on any atom is -0.370 e. The molecule has 0 amide bonds. The second kappa shape index (κ2) is 10.1. The molecule has 0 saturated heterocycles. The van der Waals surface area contributed by atoms with Crippen LogP contribution in [0.15, 0.2) is 59.6 Å². The molecule has 124 valence electrons. The fourth-order valence-corrected chi connectivity index (χ4v) is 2.29. The van der Waals surface area contributed by atoms with Crippen LogP contribution in [0.2, 0.25) is 0 Å². The molecule has 2 aromatic carbocycles. The van der Waals surface area contributed by atoms with Gasteiger partial charge in [-0.3, -0.25) is 4.99 Å². The van der Waals surface area contributed by atoms with Gasteiger partial charge in [0.25, 0.3) is 0 Å². The second-order valence-electron chi connectivity index (χ2n) is 5.18. The normalized spacial score (nSPS) is 10.8. The van der Waals surface area contributed by atoms with E-state index in [1.54, 1.807) is 0 Å². The summed E-state index contributed by atoms with van der Waals surface area (Å²) < 4.78 is 0. The van der Waals surface area contributed by atoms with Gasteiger partial charge in [0.2, 0.25) is 0 Å². The van der Waals surface area contributed by atoms with E-state index in [1.807, 2.05) is 30.3 Å². The highest BCUT2D eigenvalue weighted by Gasteiger charge is 2.03. The van der Waals surface area contributed by atoms with E-state index in [0.717, 1.165) is 18.8 Å². The van der Waals surface area contributed by atoms with Crippen molar-refractivity contribution in [3.63, 3.8) is 0 Å².